The topological polar surface area (TPSA) is 43.6 Å². The van der Waals surface area contributed by atoms with Gasteiger partial charge in [-0.25, -0.2) is 4.99 Å². The normalized spacial score (nSPS) is 16.8. The second-order valence-corrected chi connectivity index (χ2v) is 12.3. The number of methoxy groups -OCH3 is 1. The van der Waals surface area contributed by atoms with Crippen molar-refractivity contribution >= 4 is 70.9 Å². The van der Waals surface area contributed by atoms with Crippen LogP contribution in [0.25, 0.3) is 11.8 Å². The minimum atomic E-state index is -0.186. The first-order valence-electron chi connectivity index (χ1n) is 11.4. The maximum atomic E-state index is 13.9. The van der Waals surface area contributed by atoms with E-state index in [1.165, 1.54) is 28.0 Å². The Hall–Kier alpha value is -2.26. The molecule has 0 fully saturated rings. The highest BCUT2D eigenvalue weighted by Gasteiger charge is 2.32. The summed E-state index contributed by atoms with van der Waals surface area (Å²) >= 11 is 12.1. The number of fused-ring (bicyclic) bond motifs is 3. The summed E-state index contributed by atoms with van der Waals surface area (Å²) in [5.74, 6) is 0.718. The summed E-state index contributed by atoms with van der Waals surface area (Å²) < 4.78 is 10.6. The maximum absolute atomic E-state index is 13.9. The number of hydrogen-bond acceptors (Lipinski definition) is 4. The number of aryl methyl sites for hydroxylation is 1. The van der Waals surface area contributed by atoms with Gasteiger partial charge in [0.15, 0.2) is 4.80 Å². The van der Waals surface area contributed by atoms with E-state index in [-0.39, 0.29) is 11.6 Å². The van der Waals surface area contributed by atoms with E-state index in [1.807, 2.05) is 34.9 Å². The zero-order valence-corrected chi connectivity index (χ0v) is 24.7. The lowest BCUT2D eigenvalue weighted by Gasteiger charge is -2.30. The number of aromatic nitrogens is 1. The van der Waals surface area contributed by atoms with Gasteiger partial charge in [-0.15, -0.1) is 0 Å². The van der Waals surface area contributed by atoms with Crippen molar-refractivity contribution in [2.75, 3.05) is 7.11 Å². The van der Waals surface area contributed by atoms with Gasteiger partial charge in [-0.1, -0.05) is 63.7 Å². The molecule has 0 bridgehead atoms. The van der Waals surface area contributed by atoms with Crippen LogP contribution in [-0.4, -0.2) is 11.7 Å². The van der Waals surface area contributed by atoms with Gasteiger partial charge in [-0.2, -0.15) is 0 Å². The molecule has 1 aromatic heterocycles. The molecule has 0 amide bonds. The van der Waals surface area contributed by atoms with Crippen molar-refractivity contribution < 1.29 is 4.74 Å². The summed E-state index contributed by atoms with van der Waals surface area (Å²) in [6.07, 6.45) is 3.74. The van der Waals surface area contributed by atoms with Crippen molar-refractivity contribution in [2.24, 2.45) is 4.99 Å². The molecule has 1 aliphatic carbocycles. The molecule has 4 nitrogen and oxygen atoms in total. The SMILES string of the molecule is COc1c(Br)cc(/C=c2\sc3n(c2=O)[C@@H](c2ccc(Br)cc2)C2=C(N=3)c3ccccc3CC2)cc1Br. The van der Waals surface area contributed by atoms with E-state index in [0.717, 1.165) is 53.6 Å². The Bertz CT molecular complexity index is 1710. The summed E-state index contributed by atoms with van der Waals surface area (Å²) in [6.45, 7) is 0. The molecule has 0 saturated heterocycles. The van der Waals surface area contributed by atoms with Crippen LogP contribution in [0.5, 0.6) is 5.75 Å². The molecule has 1 aliphatic heterocycles. The molecule has 4 aromatic rings. The van der Waals surface area contributed by atoms with E-state index >= 15 is 0 Å². The zero-order valence-electron chi connectivity index (χ0n) is 19.1. The van der Waals surface area contributed by atoms with Crippen LogP contribution in [0.2, 0.25) is 0 Å². The van der Waals surface area contributed by atoms with Crippen LogP contribution in [0.4, 0.5) is 0 Å². The monoisotopic (exact) mass is 684 g/mol. The fourth-order valence-corrected chi connectivity index (χ4v) is 7.79. The van der Waals surface area contributed by atoms with Crippen molar-refractivity contribution in [3.8, 4) is 5.75 Å². The van der Waals surface area contributed by atoms with Crippen molar-refractivity contribution in [3.63, 3.8) is 0 Å². The largest absolute Gasteiger partial charge is 0.494 e. The van der Waals surface area contributed by atoms with Gasteiger partial charge >= 0.3 is 0 Å². The van der Waals surface area contributed by atoms with E-state index in [0.29, 0.717) is 4.53 Å². The summed E-state index contributed by atoms with van der Waals surface area (Å²) in [4.78, 5) is 19.7. The highest BCUT2D eigenvalue weighted by Crippen LogP contribution is 2.41. The van der Waals surface area contributed by atoms with Crippen molar-refractivity contribution in [2.45, 2.75) is 18.9 Å². The van der Waals surface area contributed by atoms with Crippen LogP contribution < -0.4 is 19.6 Å². The summed E-state index contributed by atoms with van der Waals surface area (Å²) in [7, 11) is 1.63. The van der Waals surface area contributed by atoms with Gasteiger partial charge in [0.2, 0.25) is 0 Å². The number of allylic oxidation sites excluding steroid dienone is 1. The second-order valence-electron chi connectivity index (χ2n) is 8.68. The maximum Gasteiger partial charge on any atom is 0.271 e. The highest BCUT2D eigenvalue weighted by atomic mass is 79.9. The smallest absolute Gasteiger partial charge is 0.271 e. The Morgan fingerprint density at radius 1 is 1.03 bits per heavy atom. The first-order valence-corrected chi connectivity index (χ1v) is 14.6. The summed E-state index contributed by atoms with van der Waals surface area (Å²) in [5, 5.41) is 0. The first-order chi connectivity index (χ1) is 17.4. The number of hydrogen-bond donors (Lipinski definition) is 0. The molecule has 0 spiro atoms. The molecular formula is C28H19Br3N2O2S. The standard InChI is InChI=1S/C28H19Br3N2O2S/c1-35-26-21(30)12-15(13-22(26)31)14-23-27(34)33-25(17-6-9-18(29)10-7-17)20-11-8-16-4-2-3-5-19(16)24(20)32-28(33)36-23/h2-7,9-10,12-14,25H,8,11H2,1H3/b23-14-/t25-/m0/s1. The van der Waals surface area contributed by atoms with Crippen LogP contribution in [0, 0.1) is 0 Å². The summed E-state index contributed by atoms with van der Waals surface area (Å²) in [5.41, 5.74) is 6.64. The molecule has 3 aromatic carbocycles. The van der Waals surface area contributed by atoms with E-state index in [9.17, 15) is 4.79 Å². The van der Waals surface area contributed by atoms with E-state index in [2.05, 4.69) is 84.2 Å². The summed E-state index contributed by atoms with van der Waals surface area (Å²) in [6, 6.07) is 20.5. The Kier molecular flexibility index (Phi) is 6.40. The number of rotatable bonds is 3. The van der Waals surface area contributed by atoms with Gasteiger partial charge in [0.1, 0.15) is 5.75 Å². The molecule has 0 unspecified atom stereocenters. The molecule has 0 radical (unpaired) electrons. The molecule has 2 aliphatic rings. The lowest BCUT2D eigenvalue weighted by molar-refractivity contribution is 0.409. The quantitative estimate of drug-likeness (QED) is 0.244. The van der Waals surface area contributed by atoms with Crippen LogP contribution in [0.1, 0.15) is 34.7 Å². The predicted octanol–water partition coefficient (Wildman–Crippen LogP) is 6.61. The zero-order chi connectivity index (χ0) is 25.0. The van der Waals surface area contributed by atoms with Gasteiger partial charge < -0.3 is 4.74 Å². The minimum absolute atomic E-state index is 0.0276. The highest BCUT2D eigenvalue weighted by molar-refractivity contribution is 9.11. The molecule has 0 N–H and O–H groups in total. The third-order valence-electron chi connectivity index (χ3n) is 6.58. The Morgan fingerprint density at radius 3 is 2.47 bits per heavy atom. The van der Waals surface area contributed by atoms with Gasteiger partial charge in [0, 0.05) is 10.0 Å². The van der Waals surface area contributed by atoms with Crippen molar-refractivity contribution in [3.05, 3.63) is 122 Å². The van der Waals surface area contributed by atoms with E-state index < -0.39 is 0 Å². The van der Waals surface area contributed by atoms with Crippen molar-refractivity contribution in [1.82, 2.24) is 4.57 Å². The van der Waals surface area contributed by atoms with E-state index in [4.69, 9.17) is 9.73 Å². The molecule has 0 saturated carbocycles. The van der Waals surface area contributed by atoms with Crippen LogP contribution in [-0.2, 0) is 6.42 Å². The lowest BCUT2D eigenvalue weighted by Crippen LogP contribution is -2.38. The number of benzene rings is 3. The van der Waals surface area contributed by atoms with Crippen molar-refractivity contribution in [1.29, 1.82) is 0 Å². The van der Waals surface area contributed by atoms with Crippen LogP contribution >= 0.6 is 59.1 Å². The molecule has 6 rings (SSSR count). The first kappa shape index (κ1) is 24.1. The van der Waals surface area contributed by atoms with Gasteiger partial charge in [-0.05, 0) is 97.3 Å². The Labute approximate surface area is 237 Å². The lowest BCUT2D eigenvalue weighted by atomic mass is 9.83. The number of thiazole rings is 1. The fraction of sp³-hybridized carbons (Fsp3) is 0.143. The number of nitrogens with zero attached hydrogens (tertiary/aromatic N) is 2. The van der Waals surface area contributed by atoms with Crippen LogP contribution in [0.15, 0.2) is 89.4 Å². The molecule has 8 heteroatoms. The number of halogens is 3. The fourth-order valence-electron chi connectivity index (χ4n) is 4.98. The third-order valence-corrected chi connectivity index (χ3v) is 9.27. The predicted molar refractivity (Wildman–Crippen MR) is 155 cm³/mol. The minimum Gasteiger partial charge on any atom is -0.494 e. The van der Waals surface area contributed by atoms with Gasteiger partial charge in [0.05, 0.1) is 32.3 Å². The molecule has 2 heterocycles. The van der Waals surface area contributed by atoms with Crippen LogP contribution in [0.3, 0.4) is 0 Å². The molecule has 36 heavy (non-hydrogen) atoms. The number of ether oxygens (including phenoxy) is 1. The molecular weight excluding hydrogens is 668 g/mol. The molecule has 180 valence electrons. The van der Waals surface area contributed by atoms with Gasteiger partial charge in [-0.3, -0.25) is 9.36 Å². The average Bonchev–Trinajstić information content (AvgIpc) is 3.17. The van der Waals surface area contributed by atoms with E-state index in [1.54, 1.807) is 7.11 Å². The third kappa shape index (κ3) is 4.08. The Morgan fingerprint density at radius 2 is 1.75 bits per heavy atom. The second kappa shape index (κ2) is 9.56. The van der Waals surface area contributed by atoms with Gasteiger partial charge in [0.25, 0.3) is 5.56 Å². The average molecular weight is 687 g/mol. The molecule has 1 atom stereocenters. The Balaban J connectivity index is 1.60.